The van der Waals surface area contributed by atoms with Gasteiger partial charge in [0.15, 0.2) is 0 Å². The summed E-state index contributed by atoms with van der Waals surface area (Å²) in [6.07, 6.45) is 0.351. The van der Waals surface area contributed by atoms with Gasteiger partial charge in [0, 0.05) is 30.1 Å². The van der Waals surface area contributed by atoms with Gasteiger partial charge < -0.3 is 4.90 Å². The summed E-state index contributed by atoms with van der Waals surface area (Å²) in [6, 6.07) is 6.88. The largest absolute Gasteiger partial charge is 0.312 e. The molecule has 1 aromatic carbocycles. The minimum atomic E-state index is -0.0376. The standard InChI is InChI=1S/C12H10ClN5O/c13-11-2-1-10(4-9(11)5-14)18-7-8(3-12(18)19)6-16-17-15/h1-2,4,8H,3,6-7H2. The van der Waals surface area contributed by atoms with E-state index in [2.05, 4.69) is 10.0 Å². The molecule has 0 aromatic heterocycles. The van der Waals surface area contributed by atoms with Crippen LogP contribution in [0.25, 0.3) is 10.4 Å². The van der Waals surface area contributed by atoms with Crippen LogP contribution >= 0.6 is 11.6 Å². The molecule has 0 aliphatic carbocycles. The molecule has 1 atom stereocenters. The minimum absolute atomic E-state index is 0.0182. The van der Waals surface area contributed by atoms with E-state index in [1.807, 2.05) is 6.07 Å². The van der Waals surface area contributed by atoms with Crippen molar-refractivity contribution in [3.8, 4) is 6.07 Å². The molecule has 1 aliphatic heterocycles. The summed E-state index contributed by atoms with van der Waals surface area (Å²) in [7, 11) is 0. The Kier molecular flexibility index (Phi) is 3.91. The van der Waals surface area contributed by atoms with Crippen molar-refractivity contribution in [1.29, 1.82) is 5.26 Å². The predicted octanol–water partition coefficient (Wildman–Crippen LogP) is 2.87. The fourth-order valence-corrected chi connectivity index (χ4v) is 2.23. The molecule has 1 aromatic rings. The zero-order chi connectivity index (χ0) is 13.8. The van der Waals surface area contributed by atoms with Gasteiger partial charge in [-0.05, 0) is 29.6 Å². The first-order valence-corrected chi connectivity index (χ1v) is 6.04. The number of carbonyl (C=O) groups excluding carboxylic acids is 1. The lowest BCUT2D eigenvalue weighted by Crippen LogP contribution is -2.24. The fraction of sp³-hybridized carbons (Fsp3) is 0.333. The Labute approximate surface area is 114 Å². The average molecular weight is 276 g/mol. The number of hydrogen-bond donors (Lipinski definition) is 0. The van der Waals surface area contributed by atoms with Crippen LogP contribution in [-0.2, 0) is 4.79 Å². The van der Waals surface area contributed by atoms with E-state index in [0.717, 1.165) is 0 Å². The second-order valence-corrected chi connectivity index (χ2v) is 4.67. The van der Waals surface area contributed by atoms with Crippen LogP contribution in [0.15, 0.2) is 23.3 Å². The molecular formula is C12H10ClN5O. The van der Waals surface area contributed by atoms with Crippen molar-refractivity contribution in [2.75, 3.05) is 18.0 Å². The van der Waals surface area contributed by atoms with Crippen LogP contribution in [0.3, 0.4) is 0 Å². The van der Waals surface area contributed by atoms with E-state index < -0.39 is 0 Å². The van der Waals surface area contributed by atoms with Crippen LogP contribution < -0.4 is 4.90 Å². The molecule has 0 spiro atoms. The van der Waals surface area contributed by atoms with Crippen LogP contribution in [0.2, 0.25) is 5.02 Å². The lowest BCUT2D eigenvalue weighted by atomic mass is 10.1. The number of nitrogens with zero attached hydrogens (tertiary/aromatic N) is 5. The summed E-state index contributed by atoms with van der Waals surface area (Å²) in [5.41, 5.74) is 9.27. The number of azide groups is 1. The Bertz CT molecular complexity index is 603. The highest BCUT2D eigenvalue weighted by atomic mass is 35.5. The Morgan fingerprint density at radius 1 is 1.63 bits per heavy atom. The fourth-order valence-electron chi connectivity index (χ4n) is 2.07. The molecule has 1 saturated heterocycles. The topological polar surface area (TPSA) is 92.9 Å². The van der Waals surface area contributed by atoms with E-state index >= 15 is 0 Å². The summed E-state index contributed by atoms with van der Waals surface area (Å²) >= 11 is 5.86. The molecule has 1 fully saturated rings. The number of amides is 1. The van der Waals surface area contributed by atoms with Gasteiger partial charge in [-0.25, -0.2) is 0 Å². The van der Waals surface area contributed by atoms with E-state index in [1.54, 1.807) is 23.1 Å². The van der Waals surface area contributed by atoms with Crippen LogP contribution in [0.1, 0.15) is 12.0 Å². The maximum absolute atomic E-state index is 11.9. The maximum Gasteiger partial charge on any atom is 0.227 e. The number of carbonyl (C=O) groups is 1. The highest BCUT2D eigenvalue weighted by molar-refractivity contribution is 6.31. The molecule has 0 N–H and O–H groups in total. The Morgan fingerprint density at radius 2 is 2.42 bits per heavy atom. The first-order chi connectivity index (χ1) is 9.15. The summed E-state index contributed by atoms with van der Waals surface area (Å²) in [6.45, 7) is 0.793. The Morgan fingerprint density at radius 3 is 3.11 bits per heavy atom. The minimum Gasteiger partial charge on any atom is -0.312 e. The van der Waals surface area contributed by atoms with Crippen LogP contribution in [-0.4, -0.2) is 19.0 Å². The summed E-state index contributed by atoms with van der Waals surface area (Å²) in [5.74, 6) is -0.0195. The van der Waals surface area contributed by atoms with E-state index in [4.69, 9.17) is 22.4 Å². The van der Waals surface area contributed by atoms with Crippen molar-refractivity contribution in [1.82, 2.24) is 0 Å². The quantitative estimate of drug-likeness (QED) is 0.482. The van der Waals surface area contributed by atoms with Gasteiger partial charge in [-0.1, -0.05) is 16.7 Å². The molecule has 6 nitrogen and oxygen atoms in total. The number of benzene rings is 1. The van der Waals surface area contributed by atoms with Gasteiger partial charge in [0.2, 0.25) is 5.91 Å². The lowest BCUT2D eigenvalue weighted by molar-refractivity contribution is -0.117. The van der Waals surface area contributed by atoms with Crippen molar-refractivity contribution in [3.63, 3.8) is 0 Å². The zero-order valence-corrected chi connectivity index (χ0v) is 10.7. The predicted molar refractivity (Wildman–Crippen MR) is 70.6 cm³/mol. The van der Waals surface area contributed by atoms with Crippen molar-refractivity contribution < 1.29 is 4.79 Å². The third-order valence-corrected chi connectivity index (χ3v) is 3.32. The van der Waals surface area contributed by atoms with E-state index in [0.29, 0.717) is 35.8 Å². The van der Waals surface area contributed by atoms with Gasteiger partial charge in [-0.2, -0.15) is 5.26 Å². The molecule has 2 rings (SSSR count). The van der Waals surface area contributed by atoms with Crippen LogP contribution in [0, 0.1) is 17.2 Å². The second kappa shape index (κ2) is 5.61. The van der Waals surface area contributed by atoms with Crippen molar-refractivity contribution in [2.24, 2.45) is 11.0 Å². The van der Waals surface area contributed by atoms with Gasteiger partial charge in [0.05, 0.1) is 10.6 Å². The van der Waals surface area contributed by atoms with E-state index in [9.17, 15) is 4.79 Å². The molecule has 1 amide bonds. The summed E-state index contributed by atoms with van der Waals surface area (Å²) in [4.78, 5) is 16.2. The molecule has 0 bridgehead atoms. The lowest BCUT2D eigenvalue weighted by Gasteiger charge is -2.17. The molecule has 0 radical (unpaired) electrons. The number of anilines is 1. The molecule has 19 heavy (non-hydrogen) atoms. The molecular weight excluding hydrogens is 266 g/mol. The molecule has 1 unspecified atom stereocenters. The Hall–Kier alpha value is -2.22. The van der Waals surface area contributed by atoms with Crippen LogP contribution in [0.5, 0.6) is 0 Å². The first kappa shape index (κ1) is 13.2. The van der Waals surface area contributed by atoms with Gasteiger partial charge >= 0.3 is 0 Å². The summed E-state index contributed by atoms with van der Waals surface area (Å²) < 4.78 is 0. The second-order valence-electron chi connectivity index (χ2n) is 4.26. The highest BCUT2D eigenvalue weighted by Gasteiger charge is 2.30. The van der Waals surface area contributed by atoms with Crippen LogP contribution in [0.4, 0.5) is 5.69 Å². The van der Waals surface area contributed by atoms with Crippen molar-refractivity contribution in [3.05, 3.63) is 39.2 Å². The average Bonchev–Trinajstić information content (AvgIpc) is 2.78. The van der Waals surface area contributed by atoms with Gasteiger partial charge in [0.25, 0.3) is 0 Å². The van der Waals surface area contributed by atoms with Gasteiger partial charge in [-0.3, -0.25) is 4.79 Å². The molecule has 1 aliphatic rings. The third-order valence-electron chi connectivity index (χ3n) is 2.99. The number of hydrogen-bond acceptors (Lipinski definition) is 3. The Balaban J connectivity index is 2.21. The van der Waals surface area contributed by atoms with Gasteiger partial charge in [-0.15, -0.1) is 0 Å². The molecule has 0 saturated carbocycles. The van der Waals surface area contributed by atoms with E-state index in [-0.39, 0.29) is 11.8 Å². The normalized spacial score (nSPS) is 18.0. The SMILES string of the molecule is N#Cc1cc(N2CC(CN=[N+]=[N-])CC2=O)ccc1Cl. The first-order valence-electron chi connectivity index (χ1n) is 5.66. The number of rotatable bonds is 3. The van der Waals surface area contributed by atoms with Crippen molar-refractivity contribution >= 4 is 23.2 Å². The summed E-state index contributed by atoms with van der Waals surface area (Å²) in [5, 5.41) is 12.8. The van der Waals surface area contributed by atoms with E-state index in [1.165, 1.54) is 0 Å². The van der Waals surface area contributed by atoms with Crippen molar-refractivity contribution in [2.45, 2.75) is 6.42 Å². The zero-order valence-electron chi connectivity index (χ0n) is 9.95. The monoisotopic (exact) mass is 275 g/mol. The number of halogens is 1. The maximum atomic E-state index is 11.9. The molecule has 1 heterocycles. The molecule has 7 heteroatoms. The number of nitriles is 1. The third kappa shape index (κ3) is 2.79. The molecule has 96 valence electrons. The highest BCUT2D eigenvalue weighted by Crippen LogP contribution is 2.28. The smallest absolute Gasteiger partial charge is 0.227 e. The van der Waals surface area contributed by atoms with Gasteiger partial charge in [0.1, 0.15) is 6.07 Å².